The predicted molar refractivity (Wildman–Crippen MR) is 135 cm³/mol. The van der Waals surface area contributed by atoms with Crippen molar-refractivity contribution in [1.29, 1.82) is 0 Å². The van der Waals surface area contributed by atoms with E-state index in [1.54, 1.807) is 30.3 Å². The van der Waals surface area contributed by atoms with Crippen LogP contribution in [0.1, 0.15) is 28.9 Å². The number of nitrogens with zero attached hydrogens (tertiary/aromatic N) is 1. The highest BCUT2D eigenvalue weighted by Crippen LogP contribution is 2.37. The molecule has 4 rings (SSSR count). The molecule has 1 aliphatic heterocycles. The fraction of sp³-hybridized carbons (Fsp3) is 0.200. The predicted octanol–water partition coefficient (Wildman–Crippen LogP) is 4.00. The van der Waals surface area contributed by atoms with Gasteiger partial charge in [0.05, 0.1) is 35.8 Å². The van der Waals surface area contributed by atoms with Crippen LogP contribution < -0.4 is 19.7 Å². The van der Waals surface area contributed by atoms with Gasteiger partial charge in [0.15, 0.2) is 6.10 Å². The van der Waals surface area contributed by atoms with E-state index in [1.165, 1.54) is 12.1 Å². The number of fused-ring (bicyclic) bond motifs is 1. The monoisotopic (exact) mass is 513 g/mol. The molecule has 10 heteroatoms. The molecule has 0 radical (unpaired) electrons. The number of halogens is 1. The molecule has 2 atom stereocenters. The Bertz CT molecular complexity index is 1360. The van der Waals surface area contributed by atoms with E-state index in [0.29, 0.717) is 5.02 Å². The molecule has 3 aromatic carbocycles. The van der Waals surface area contributed by atoms with Gasteiger partial charge in [-0.3, -0.25) is 13.9 Å². The van der Waals surface area contributed by atoms with Crippen molar-refractivity contribution in [2.24, 2.45) is 0 Å². The Morgan fingerprint density at radius 2 is 1.74 bits per heavy atom. The molecule has 0 spiro atoms. The lowest BCUT2D eigenvalue weighted by Crippen LogP contribution is -2.48. The zero-order chi connectivity index (χ0) is 25.2. The molecule has 35 heavy (non-hydrogen) atoms. The molecule has 3 aromatic rings. The first-order valence-corrected chi connectivity index (χ1v) is 13.1. The maximum Gasteiger partial charge on any atom is 0.267 e. The first kappa shape index (κ1) is 24.6. The molecule has 0 aliphatic carbocycles. The zero-order valence-corrected chi connectivity index (χ0v) is 20.6. The Labute approximate surface area is 208 Å². The highest BCUT2D eigenvalue weighted by molar-refractivity contribution is 7.92. The average Bonchev–Trinajstić information content (AvgIpc) is 2.83. The lowest BCUT2D eigenvalue weighted by Gasteiger charge is -2.34. The minimum atomic E-state index is -3.71. The van der Waals surface area contributed by atoms with Gasteiger partial charge in [-0.25, -0.2) is 8.42 Å². The topological polar surface area (TPSA) is 105 Å². The fourth-order valence-corrected chi connectivity index (χ4v) is 4.85. The summed E-state index contributed by atoms with van der Waals surface area (Å²) in [6.07, 6.45) is -0.0938. The zero-order valence-electron chi connectivity index (χ0n) is 19.1. The first-order valence-electron chi connectivity index (χ1n) is 10.8. The molecule has 1 heterocycles. The quantitative estimate of drug-likeness (QED) is 0.518. The third-order valence-electron chi connectivity index (χ3n) is 5.56. The SMILES string of the molecule is C[C@H](NC(=O)c1ccccc1NC(=O)[C@@H]1CN(S(C)(=O)=O)c2cc(Cl)ccc2O1)c1ccccc1. The van der Waals surface area contributed by atoms with Gasteiger partial charge >= 0.3 is 0 Å². The van der Waals surface area contributed by atoms with Crippen molar-refractivity contribution in [3.8, 4) is 5.75 Å². The number of hydrogen-bond acceptors (Lipinski definition) is 5. The third-order valence-corrected chi connectivity index (χ3v) is 6.94. The molecule has 2 amide bonds. The van der Waals surface area contributed by atoms with Gasteiger partial charge in [-0.1, -0.05) is 54.1 Å². The summed E-state index contributed by atoms with van der Waals surface area (Å²) in [6, 6.07) is 20.4. The highest BCUT2D eigenvalue weighted by Gasteiger charge is 2.35. The van der Waals surface area contributed by atoms with Crippen LogP contribution in [0.25, 0.3) is 0 Å². The number of para-hydroxylation sites is 1. The van der Waals surface area contributed by atoms with Gasteiger partial charge in [-0.15, -0.1) is 0 Å². The second kappa shape index (κ2) is 9.97. The van der Waals surface area contributed by atoms with Crippen LogP contribution in [0.15, 0.2) is 72.8 Å². The second-order valence-corrected chi connectivity index (χ2v) is 10.5. The summed E-state index contributed by atoms with van der Waals surface area (Å²) in [6.45, 7) is 1.63. The van der Waals surface area contributed by atoms with E-state index in [0.717, 1.165) is 16.1 Å². The first-order chi connectivity index (χ1) is 16.6. The second-order valence-electron chi connectivity index (χ2n) is 8.15. The van der Waals surface area contributed by atoms with E-state index in [-0.39, 0.29) is 41.2 Å². The number of anilines is 2. The summed E-state index contributed by atoms with van der Waals surface area (Å²) in [5.74, 6) is -0.732. The van der Waals surface area contributed by atoms with Crippen LogP contribution in [-0.4, -0.2) is 39.1 Å². The number of hydrogen-bond donors (Lipinski definition) is 2. The molecule has 0 fully saturated rings. The molecule has 8 nitrogen and oxygen atoms in total. The average molecular weight is 514 g/mol. The minimum absolute atomic E-state index is 0.217. The van der Waals surface area contributed by atoms with E-state index in [1.807, 2.05) is 37.3 Å². The standard InChI is InChI=1S/C25H24ClN3O5S/c1-16(17-8-4-3-5-9-17)27-24(30)19-10-6-7-11-20(19)28-25(31)23-15-29(35(2,32)33)21-14-18(26)12-13-22(21)34-23/h3-14,16,23H,15H2,1-2H3,(H,27,30)(H,28,31)/t16-,23-/m0/s1. The molecule has 1 aliphatic rings. The molecule has 2 N–H and O–H groups in total. The maximum absolute atomic E-state index is 13.1. The summed E-state index contributed by atoms with van der Waals surface area (Å²) >= 11 is 6.03. The molecule has 0 bridgehead atoms. The van der Waals surface area contributed by atoms with Crippen LogP contribution in [0.2, 0.25) is 5.02 Å². The van der Waals surface area contributed by atoms with E-state index in [4.69, 9.17) is 16.3 Å². The third kappa shape index (κ3) is 5.58. The Balaban J connectivity index is 1.54. The summed E-state index contributed by atoms with van der Waals surface area (Å²) in [5.41, 5.74) is 1.76. The van der Waals surface area contributed by atoms with Crippen LogP contribution in [-0.2, 0) is 14.8 Å². The van der Waals surface area contributed by atoms with Crippen molar-refractivity contribution in [1.82, 2.24) is 5.32 Å². The van der Waals surface area contributed by atoms with Gasteiger partial charge in [-0.05, 0) is 42.8 Å². The molecular weight excluding hydrogens is 490 g/mol. The summed E-state index contributed by atoms with van der Waals surface area (Å²) in [4.78, 5) is 26.1. The fourth-order valence-electron chi connectivity index (χ4n) is 3.78. The number of amides is 2. The van der Waals surface area contributed by atoms with Crippen molar-refractivity contribution in [3.63, 3.8) is 0 Å². The van der Waals surface area contributed by atoms with Gasteiger partial charge in [0, 0.05) is 5.02 Å². The summed E-state index contributed by atoms with van der Waals surface area (Å²) in [5, 5.41) is 5.99. The number of nitrogens with one attached hydrogen (secondary N) is 2. The van der Waals surface area contributed by atoms with E-state index in [2.05, 4.69) is 10.6 Å². The Kier molecular flexibility index (Phi) is 7.00. The van der Waals surface area contributed by atoms with Crippen molar-refractivity contribution in [2.75, 3.05) is 22.4 Å². The lowest BCUT2D eigenvalue weighted by atomic mass is 10.1. The molecule has 182 valence electrons. The van der Waals surface area contributed by atoms with Crippen LogP contribution in [0.4, 0.5) is 11.4 Å². The summed E-state index contributed by atoms with van der Waals surface area (Å²) in [7, 11) is -3.71. The van der Waals surface area contributed by atoms with Crippen molar-refractivity contribution in [3.05, 3.63) is 88.9 Å². The van der Waals surface area contributed by atoms with Crippen LogP contribution in [0.3, 0.4) is 0 Å². The van der Waals surface area contributed by atoms with Crippen molar-refractivity contribution >= 4 is 44.8 Å². The molecule has 0 unspecified atom stereocenters. The van der Waals surface area contributed by atoms with Crippen LogP contribution >= 0.6 is 11.6 Å². The number of ether oxygens (including phenoxy) is 1. The number of sulfonamides is 1. The highest BCUT2D eigenvalue weighted by atomic mass is 35.5. The van der Waals surface area contributed by atoms with Gasteiger partial charge in [-0.2, -0.15) is 0 Å². The summed E-state index contributed by atoms with van der Waals surface area (Å²) < 4.78 is 31.7. The van der Waals surface area contributed by atoms with Crippen LogP contribution in [0, 0.1) is 0 Å². The minimum Gasteiger partial charge on any atom is -0.476 e. The van der Waals surface area contributed by atoms with Gasteiger partial charge in [0.1, 0.15) is 5.75 Å². The lowest BCUT2D eigenvalue weighted by molar-refractivity contribution is -0.122. The van der Waals surface area contributed by atoms with Crippen LogP contribution in [0.5, 0.6) is 5.75 Å². The Morgan fingerprint density at radius 3 is 2.46 bits per heavy atom. The smallest absolute Gasteiger partial charge is 0.267 e. The molecule has 0 aromatic heterocycles. The molecular formula is C25H24ClN3O5S. The number of rotatable bonds is 6. The molecule has 0 saturated carbocycles. The Hall–Kier alpha value is -3.56. The van der Waals surface area contributed by atoms with Crippen molar-refractivity contribution < 1.29 is 22.7 Å². The van der Waals surface area contributed by atoms with Gasteiger partial charge in [0.2, 0.25) is 10.0 Å². The number of benzene rings is 3. The number of carbonyl (C=O) groups is 2. The maximum atomic E-state index is 13.1. The van der Waals surface area contributed by atoms with Gasteiger partial charge in [0.25, 0.3) is 11.8 Å². The van der Waals surface area contributed by atoms with E-state index >= 15 is 0 Å². The Morgan fingerprint density at radius 1 is 1.06 bits per heavy atom. The largest absolute Gasteiger partial charge is 0.476 e. The van der Waals surface area contributed by atoms with E-state index in [9.17, 15) is 18.0 Å². The number of carbonyl (C=O) groups excluding carboxylic acids is 2. The van der Waals surface area contributed by atoms with E-state index < -0.39 is 22.0 Å². The normalized spacial score (nSPS) is 16.0. The molecule has 0 saturated heterocycles. The van der Waals surface area contributed by atoms with Gasteiger partial charge < -0.3 is 15.4 Å². The van der Waals surface area contributed by atoms with Crippen molar-refractivity contribution in [2.45, 2.75) is 19.1 Å².